The number of nitrogens with one attached hydrogen (secondary N) is 1. The zero-order chi connectivity index (χ0) is 21.1. The van der Waals surface area contributed by atoms with Gasteiger partial charge in [-0.2, -0.15) is 0 Å². The van der Waals surface area contributed by atoms with Crippen molar-refractivity contribution in [1.82, 2.24) is 0 Å². The molecule has 1 amide bonds. The van der Waals surface area contributed by atoms with Crippen molar-refractivity contribution < 1.29 is 24.2 Å². The molecule has 0 bridgehead atoms. The highest BCUT2D eigenvalue weighted by Crippen LogP contribution is 2.28. The standard InChI is InChI=1S/C23H25NO5/c1-3-4-5-8-15-29-21-16-17(11-13-20(21)28-2)12-14-22(25)24-19-10-7-6-9-18(19)23(26)27/h3-4,6-7,9-14,16H,5,8,15H2,1-2H3,(H,24,25)(H,26,27)/b4-3?,14-12+. The maximum Gasteiger partial charge on any atom is 0.337 e. The molecular weight excluding hydrogens is 370 g/mol. The first kappa shape index (κ1) is 21.8. The molecule has 0 radical (unpaired) electrons. The second-order valence-corrected chi connectivity index (χ2v) is 6.14. The largest absolute Gasteiger partial charge is 0.493 e. The number of benzene rings is 2. The molecule has 152 valence electrons. The summed E-state index contributed by atoms with van der Waals surface area (Å²) in [7, 11) is 1.57. The number of anilines is 1. The highest BCUT2D eigenvalue weighted by molar-refractivity contribution is 6.06. The third-order valence-corrected chi connectivity index (χ3v) is 4.04. The Bertz CT molecular complexity index is 902. The van der Waals surface area contributed by atoms with Crippen LogP contribution in [0.15, 0.2) is 60.7 Å². The van der Waals surface area contributed by atoms with Crippen molar-refractivity contribution in [3.63, 3.8) is 0 Å². The van der Waals surface area contributed by atoms with Gasteiger partial charge in [-0.25, -0.2) is 4.79 Å². The van der Waals surface area contributed by atoms with E-state index >= 15 is 0 Å². The number of hydrogen-bond donors (Lipinski definition) is 2. The van der Waals surface area contributed by atoms with Gasteiger partial charge in [0.2, 0.25) is 5.91 Å². The van der Waals surface area contributed by atoms with E-state index < -0.39 is 11.9 Å². The summed E-state index contributed by atoms with van der Waals surface area (Å²) in [6.45, 7) is 2.54. The molecule has 2 aromatic carbocycles. The lowest BCUT2D eigenvalue weighted by atomic mass is 10.1. The Balaban J connectivity index is 2.05. The van der Waals surface area contributed by atoms with E-state index in [-0.39, 0.29) is 11.3 Å². The van der Waals surface area contributed by atoms with Crippen LogP contribution >= 0.6 is 0 Å². The summed E-state index contributed by atoms with van der Waals surface area (Å²) in [5, 5.41) is 11.8. The number of carboxylic acids is 1. The van der Waals surface area contributed by atoms with Gasteiger partial charge in [-0.1, -0.05) is 30.4 Å². The number of rotatable bonds is 10. The van der Waals surface area contributed by atoms with E-state index in [0.717, 1.165) is 18.4 Å². The zero-order valence-electron chi connectivity index (χ0n) is 16.6. The van der Waals surface area contributed by atoms with Crippen LogP contribution in [0.25, 0.3) is 6.08 Å². The van der Waals surface area contributed by atoms with Crippen molar-refractivity contribution in [2.75, 3.05) is 19.0 Å². The van der Waals surface area contributed by atoms with Gasteiger partial charge in [-0.05, 0) is 55.7 Å². The van der Waals surface area contributed by atoms with Crippen LogP contribution < -0.4 is 14.8 Å². The molecule has 0 spiro atoms. The summed E-state index contributed by atoms with van der Waals surface area (Å²) in [4.78, 5) is 23.4. The molecule has 0 fully saturated rings. The first-order chi connectivity index (χ1) is 14.0. The number of amides is 1. The molecule has 2 aromatic rings. The SMILES string of the molecule is CC=CCCCOc1cc(/C=C/C(=O)Nc2ccccc2C(=O)O)ccc1OC. The molecule has 0 aliphatic rings. The van der Waals surface area contributed by atoms with E-state index in [0.29, 0.717) is 18.1 Å². The molecule has 0 heterocycles. The minimum Gasteiger partial charge on any atom is -0.493 e. The van der Waals surface area contributed by atoms with Crippen LogP contribution in [-0.2, 0) is 4.79 Å². The topological polar surface area (TPSA) is 84.9 Å². The number of aromatic carboxylic acids is 1. The number of methoxy groups -OCH3 is 1. The zero-order valence-corrected chi connectivity index (χ0v) is 16.6. The Hall–Kier alpha value is -3.54. The minimum atomic E-state index is -1.10. The van der Waals surface area contributed by atoms with Gasteiger partial charge in [0, 0.05) is 6.08 Å². The Kier molecular flexibility index (Phi) is 8.51. The van der Waals surface area contributed by atoms with Crippen molar-refractivity contribution in [1.29, 1.82) is 0 Å². The predicted molar refractivity (Wildman–Crippen MR) is 114 cm³/mol. The van der Waals surface area contributed by atoms with E-state index in [1.807, 2.05) is 13.0 Å². The van der Waals surface area contributed by atoms with E-state index in [4.69, 9.17) is 9.47 Å². The molecule has 0 saturated carbocycles. The summed E-state index contributed by atoms with van der Waals surface area (Å²) in [5.74, 6) is -0.306. The second-order valence-electron chi connectivity index (χ2n) is 6.14. The van der Waals surface area contributed by atoms with Crippen molar-refractivity contribution in [3.05, 3.63) is 71.8 Å². The fraction of sp³-hybridized carbons (Fsp3) is 0.217. The van der Waals surface area contributed by atoms with Crippen LogP contribution in [0.5, 0.6) is 11.5 Å². The van der Waals surface area contributed by atoms with Gasteiger partial charge in [-0.15, -0.1) is 0 Å². The van der Waals surface area contributed by atoms with Crippen LogP contribution in [-0.4, -0.2) is 30.7 Å². The number of hydrogen-bond acceptors (Lipinski definition) is 4. The lowest BCUT2D eigenvalue weighted by Crippen LogP contribution is -2.11. The monoisotopic (exact) mass is 395 g/mol. The van der Waals surface area contributed by atoms with Crippen LogP contribution in [0.3, 0.4) is 0 Å². The van der Waals surface area contributed by atoms with Crippen LogP contribution in [0.2, 0.25) is 0 Å². The third kappa shape index (κ3) is 6.84. The van der Waals surface area contributed by atoms with E-state index in [9.17, 15) is 14.7 Å². The molecule has 29 heavy (non-hydrogen) atoms. The first-order valence-corrected chi connectivity index (χ1v) is 9.28. The molecule has 0 saturated heterocycles. The summed E-state index contributed by atoms with van der Waals surface area (Å²) in [6.07, 6.45) is 8.89. The molecule has 0 aromatic heterocycles. The van der Waals surface area contributed by atoms with Gasteiger partial charge < -0.3 is 19.9 Å². The first-order valence-electron chi connectivity index (χ1n) is 9.28. The number of carbonyl (C=O) groups is 2. The maximum absolute atomic E-state index is 12.2. The van der Waals surface area contributed by atoms with Crippen LogP contribution in [0.4, 0.5) is 5.69 Å². The van der Waals surface area contributed by atoms with Crippen molar-refractivity contribution in [3.8, 4) is 11.5 Å². The highest BCUT2D eigenvalue weighted by atomic mass is 16.5. The van der Waals surface area contributed by atoms with Gasteiger partial charge in [-0.3, -0.25) is 4.79 Å². The quantitative estimate of drug-likeness (QED) is 0.344. The van der Waals surface area contributed by atoms with Crippen molar-refractivity contribution >= 4 is 23.6 Å². The van der Waals surface area contributed by atoms with Crippen molar-refractivity contribution in [2.24, 2.45) is 0 Å². The Morgan fingerprint density at radius 1 is 1.14 bits per heavy atom. The number of para-hydroxylation sites is 1. The maximum atomic E-state index is 12.2. The van der Waals surface area contributed by atoms with Gasteiger partial charge in [0.15, 0.2) is 11.5 Å². The summed E-state index contributed by atoms with van der Waals surface area (Å²) in [5.41, 5.74) is 1.04. The Labute approximate surface area is 170 Å². The normalized spacial score (nSPS) is 11.0. The molecule has 2 rings (SSSR count). The number of carbonyl (C=O) groups excluding carboxylic acids is 1. The van der Waals surface area contributed by atoms with Gasteiger partial charge in [0.05, 0.1) is 25.0 Å². The summed E-state index contributed by atoms with van der Waals surface area (Å²) in [6, 6.07) is 11.6. The molecular formula is C23H25NO5. The van der Waals surface area contributed by atoms with E-state index in [2.05, 4.69) is 11.4 Å². The Morgan fingerprint density at radius 2 is 1.93 bits per heavy atom. The number of ether oxygens (including phenoxy) is 2. The van der Waals surface area contributed by atoms with Crippen LogP contribution in [0.1, 0.15) is 35.7 Å². The Morgan fingerprint density at radius 3 is 2.66 bits per heavy atom. The predicted octanol–water partition coefficient (Wildman–Crippen LogP) is 4.78. The van der Waals surface area contributed by atoms with Gasteiger partial charge >= 0.3 is 5.97 Å². The molecule has 6 heteroatoms. The van der Waals surface area contributed by atoms with Crippen molar-refractivity contribution in [2.45, 2.75) is 19.8 Å². The van der Waals surface area contributed by atoms with Gasteiger partial charge in [0.1, 0.15) is 0 Å². The molecule has 0 aliphatic carbocycles. The molecule has 2 N–H and O–H groups in total. The molecule has 0 aliphatic heterocycles. The summed E-state index contributed by atoms with van der Waals surface area (Å²) < 4.78 is 11.1. The van der Waals surface area contributed by atoms with Crippen LogP contribution in [0, 0.1) is 0 Å². The van der Waals surface area contributed by atoms with Gasteiger partial charge in [0.25, 0.3) is 0 Å². The fourth-order valence-corrected chi connectivity index (χ4v) is 2.58. The van der Waals surface area contributed by atoms with E-state index in [1.54, 1.807) is 49.6 Å². The number of unbranched alkanes of at least 4 members (excludes halogenated alkanes) is 1. The number of carboxylic acid groups (broad SMARTS) is 1. The highest BCUT2D eigenvalue weighted by Gasteiger charge is 2.10. The van der Waals surface area contributed by atoms with E-state index in [1.165, 1.54) is 12.1 Å². The average molecular weight is 395 g/mol. The fourth-order valence-electron chi connectivity index (χ4n) is 2.58. The second kappa shape index (κ2) is 11.3. The average Bonchev–Trinajstić information content (AvgIpc) is 2.72. The lowest BCUT2D eigenvalue weighted by molar-refractivity contribution is -0.111. The minimum absolute atomic E-state index is 0.0345. The molecule has 0 unspecified atom stereocenters. The molecule has 0 atom stereocenters. The smallest absolute Gasteiger partial charge is 0.337 e. The summed E-state index contributed by atoms with van der Waals surface area (Å²) >= 11 is 0. The lowest BCUT2D eigenvalue weighted by Gasteiger charge is -2.11. The number of allylic oxidation sites excluding steroid dienone is 2. The third-order valence-electron chi connectivity index (χ3n) is 4.04. The molecule has 6 nitrogen and oxygen atoms in total.